The van der Waals surface area contributed by atoms with E-state index in [1.54, 1.807) is 0 Å². The van der Waals surface area contributed by atoms with Crippen molar-refractivity contribution in [2.75, 3.05) is 12.4 Å². The van der Waals surface area contributed by atoms with Gasteiger partial charge in [0.1, 0.15) is 0 Å². The Labute approximate surface area is 126 Å². The van der Waals surface area contributed by atoms with Crippen LogP contribution in [0.3, 0.4) is 0 Å². The molecule has 0 saturated heterocycles. The molecule has 1 atom stereocenters. The summed E-state index contributed by atoms with van der Waals surface area (Å²) >= 11 is 0. The van der Waals surface area contributed by atoms with E-state index in [9.17, 15) is 4.79 Å². The Kier molecular flexibility index (Phi) is 4.63. The van der Waals surface area contributed by atoms with Crippen LogP contribution in [0.15, 0.2) is 42.5 Å². The van der Waals surface area contributed by atoms with Gasteiger partial charge in [0.15, 0.2) is 6.04 Å². The van der Waals surface area contributed by atoms with E-state index in [1.807, 2.05) is 57.2 Å². The fraction of sp³-hybridized carbons (Fsp3) is 0.278. The molecule has 0 bridgehead atoms. The molecule has 0 saturated carbocycles. The molecular formula is C18H21NO2. The van der Waals surface area contributed by atoms with E-state index in [4.69, 9.17) is 4.74 Å². The molecule has 0 heterocycles. The summed E-state index contributed by atoms with van der Waals surface area (Å²) in [4.78, 5) is 12.2. The average molecular weight is 283 g/mol. The molecule has 0 radical (unpaired) electrons. The maximum atomic E-state index is 12.2. The molecule has 0 amide bonds. The van der Waals surface area contributed by atoms with Crippen molar-refractivity contribution in [1.29, 1.82) is 0 Å². The summed E-state index contributed by atoms with van der Waals surface area (Å²) in [5, 5.41) is 3.29. The molecular weight excluding hydrogens is 262 g/mol. The fourth-order valence-electron chi connectivity index (χ4n) is 2.46. The van der Waals surface area contributed by atoms with Crippen LogP contribution in [-0.4, -0.2) is 13.1 Å². The summed E-state index contributed by atoms with van der Waals surface area (Å²) in [5.74, 6) is -0.289. The van der Waals surface area contributed by atoms with Crippen LogP contribution in [0.5, 0.6) is 0 Å². The van der Waals surface area contributed by atoms with Crippen LogP contribution in [0, 0.1) is 20.8 Å². The van der Waals surface area contributed by atoms with Gasteiger partial charge in [-0.1, -0.05) is 47.5 Å². The molecule has 110 valence electrons. The zero-order valence-electron chi connectivity index (χ0n) is 12.9. The molecule has 1 unspecified atom stereocenters. The largest absolute Gasteiger partial charge is 0.467 e. The Morgan fingerprint density at radius 3 is 2.24 bits per heavy atom. The highest BCUT2D eigenvalue weighted by atomic mass is 16.5. The van der Waals surface area contributed by atoms with E-state index in [0.717, 1.165) is 27.9 Å². The van der Waals surface area contributed by atoms with E-state index in [-0.39, 0.29) is 5.97 Å². The number of benzene rings is 2. The molecule has 0 aromatic heterocycles. The van der Waals surface area contributed by atoms with Crippen LogP contribution in [0.4, 0.5) is 5.69 Å². The first-order valence-corrected chi connectivity index (χ1v) is 6.99. The van der Waals surface area contributed by atoms with E-state index in [0.29, 0.717) is 0 Å². The van der Waals surface area contributed by atoms with Gasteiger partial charge in [-0.3, -0.25) is 0 Å². The predicted octanol–water partition coefficient (Wildman–Crippen LogP) is 3.94. The monoisotopic (exact) mass is 283 g/mol. The first kappa shape index (κ1) is 15.1. The highest BCUT2D eigenvalue weighted by Gasteiger charge is 2.22. The molecule has 2 aromatic rings. The first-order chi connectivity index (χ1) is 10.0. The van der Waals surface area contributed by atoms with E-state index in [2.05, 4.69) is 11.4 Å². The smallest absolute Gasteiger partial charge is 0.332 e. The standard InChI is InChI=1S/C18H21NO2/c1-12-9-13(2)11-15(10-12)17(18(20)21-4)19-16-8-6-5-7-14(16)3/h5-11,17,19H,1-4H3. The van der Waals surface area contributed by atoms with Gasteiger partial charge in [-0.2, -0.15) is 0 Å². The number of aryl methyl sites for hydroxylation is 3. The quantitative estimate of drug-likeness (QED) is 0.864. The van der Waals surface area contributed by atoms with Gasteiger partial charge in [0.05, 0.1) is 7.11 Å². The number of rotatable bonds is 4. The minimum Gasteiger partial charge on any atom is -0.467 e. The van der Waals surface area contributed by atoms with Crippen LogP contribution in [0.2, 0.25) is 0 Å². The number of para-hydroxylation sites is 1. The van der Waals surface area contributed by atoms with E-state index in [1.165, 1.54) is 7.11 Å². The molecule has 21 heavy (non-hydrogen) atoms. The number of hydrogen-bond acceptors (Lipinski definition) is 3. The van der Waals surface area contributed by atoms with Crippen LogP contribution in [-0.2, 0) is 9.53 Å². The van der Waals surface area contributed by atoms with Gasteiger partial charge in [-0.05, 0) is 38.0 Å². The lowest BCUT2D eigenvalue weighted by atomic mass is 10.0. The SMILES string of the molecule is COC(=O)C(Nc1ccccc1C)c1cc(C)cc(C)c1. The molecule has 0 aliphatic heterocycles. The van der Waals surface area contributed by atoms with Crippen molar-refractivity contribution in [3.63, 3.8) is 0 Å². The minimum atomic E-state index is -0.505. The van der Waals surface area contributed by atoms with E-state index < -0.39 is 6.04 Å². The lowest BCUT2D eigenvalue weighted by molar-refractivity contribution is -0.141. The number of carbonyl (C=O) groups excluding carboxylic acids is 1. The predicted molar refractivity (Wildman–Crippen MR) is 85.5 cm³/mol. The number of esters is 1. The second-order valence-corrected chi connectivity index (χ2v) is 5.34. The highest BCUT2D eigenvalue weighted by molar-refractivity contribution is 5.81. The molecule has 0 spiro atoms. The molecule has 3 heteroatoms. The van der Waals surface area contributed by atoms with Crippen molar-refractivity contribution in [2.24, 2.45) is 0 Å². The number of anilines is 1. The summed E-state index contributed by atoms with van der Waals surface area (Å²) in [6, 6.07) is 13.5. The zero-order valence-corrected chi connectivity index (χ0v) is 12.9. The van der Waals surface area contributed by atoms with Gasteiger partial charge < -0.3 is 10.1 Å². The third-order valence-electron chi connectivity index (χ3n) is 3.46. The van der Waals surface area contributed by atoms with Gasteiger partial charge in [-0.25, -0.2) is 4.79 Å². The van der Waals surface area contributed by atoms with Crippen LogP contribution in [0.25, 0.3) is 0 Å². The molecule has 0 aliphatic rings. The molecule has 1 N–H and O–H groups in total. The second-order valence-electron chi connectivity index (χ2n) is 5.34. The molecule has 0 aliphatic carbocycles. The van der Waals surface area contributed by atoms with Crippen molar-refractivity contribution in [1.82, 2.24) is 0 Å². The molecule has 2 rings (SSSR count). The first-order valence-electron chi connectivity index (χ1n) is 6.99. The highest BCUT2D eigenvalue weighted by Crippen LogP contribution is 2.25. The van der Waals surface area contributed by atoms with Crippen LogP contribution >= 0.6 is 0 Å². The lowest BCUT2D eigenvalue weighted by Gasteiger charge is -2.20. The van der Waals surface area contributed by atoms with Crippen LogP contribution < -0.4 is 5.32 Å². The number of carbonyl (C=O) groups is 1. The summed E-state index contributed by atoms with van der Waals surface area (Å²) in [5.41, 5.74) is 5.21. The maximum Gasteiger partial charge on any atom is 0.332 e. The summed E-state index contributed by atoms with van der Waals surface area (Å²) in [7, 11) is 1.41. The third-order valence-corrected chi connectivity index (χ3v) is 3.46. The van der Waals surface area contributed by atoms with Gasteiger partial charge in [0, 0.05) is 5.69 Å². The van der Waals surface area contributed by atoms with Gasteiger partial charge in [-0.15, -0.1) is 0 Å². The molecule has 3 nitrogen and oxygen atoms in total. The number of methoxy groups -OCH3 is 1. The Morgan fingerprint density at radius 2 is 1.67 bits per heavy atom. The van der Waals surface area contributed by atoms with Crippen LogP contribution in [0.1, 0.15) is 28.3 Å². The third kappa shape index (κ3) is 3.63. The number of hydrogen-bond donors (Lipinski definition) is 1. The zero-order chi connectivity index (χ0) is 15.4. The second kappa shape index (κ2) is 6.44. The fourth-order valence-corrected chi connectivity index (χ4v) is 2.46. The van der Waals surface area contributed by atoms with Gasteiger partial charge in [0.25, 0.3) is 0 Å². The Morgan fingerprint density at radius 1 is 1.05 bits per heavy atom. The molecule has 2 aromatic carbocycles. The normalized spacial score (nSPS) is 11.8. The lowest BCUT2D eigenvalue weighted by Crippen LogP contribution is -2.23. The van der Waals surface area contributed by atoms with Crippen molar-refractivity contribution < 1.29 is 9.53 Å². The number of nitrogens with one attached hydrogen (secondary N) is 1. The Balaban J connectivity index is 2.39. The average Bonchev–Trinajstić information content (AvgIpc) is 2.44. The van der Waals surface area contributed by atoms with Crippen molar-refractivity contribution in [3.8, 4) is 0 Å². The van der Waals surface area contributed by atoms with Gasteiger partial charge in [0.2, 0.25) is 0 Å². The minimum absolute atomic E-state index is 0.289. The summed E-state index contributed by atoms with van der Waals surface area (Å²) in [6.07, 6.45) is 0. The van der Waals surface area contributed by atoms with Crippen molar-refractivity contribution >= 4 is 11.7 Å². The Bertz CT molecular complexity index is 629. The Hall–Kier alpha value is -2.29. The summed E-state index contributed by atoms with van der Waals surface area (Å²) < 4.78 is 4.96. The number of ether oxygens (including phenoxy) is 1. The van der Waals surface area contributed by atoms with E-state index >= 15 is 0 Å². The molecule has 0 fully saturated rings. The topological polar surface area (TPSA) is 38.3 Å². The van der Waals surface area contributed by atoms with Crippen molar-refractivity contribution in [3.05, 3.63) is 64.7 Å². The summed E-state index contributed by atoms with van der Waals surface area (Å²) in [6.45, 7) is 6.06. The van der Waals surface area contributed by atoms with Crippen molar-refractivity contribution in [2.45, 2.75) is 26.8 Å². The van der Waals surface area contributed by atoms with Gasteiger partial charge >= 0.3 is 5.97 Å². The maximum absolute atomic E-state index is 12.2.